The van der Waals surface area contributed by atoms with Gasteiger partial charge in [0.2, 0.25) is 0 Å². The van der Waals surface area contributed by atoms with Gasteiger partial charge in [-0.2, -0.15) is 0 Å². The Bertz CT molecular complexity index is 146. The molecule has 0 amide bonds. The summed E-state index contributed by atoms with van der Waals surface area (Å²) < 4.78 is 2.39. The maximum Gasteiger partial charge on any atom is 0.0228 e. The second kappa shape index (κ2) is 2.85. The number of halogens is 1. The maximum atomic E-state index is 2.57. The standard InChI is InChI=1S/C8H15IN2/c1-2-3-10-4-8(5-10)6-11(9)7-8/h2-7H2,1H3. The fourth-order valence-electron chi connectivity index (χ4n) is 2.26. The zero-order valence-corrected chi connectivity index (χ0v) is 9.17. The third-order valence-corrected chi connectivity index (χ3v) is 3.35. The summed E-state index contributed by atoms with van der Waals surface area (Å²) in [6.07, 6.45) is 1.31. The van der Waals surface area contributed by atoms with Gasteiger partial charge < -0.3 is 4.90 Å². The summed E-state index contributed by atoms with van der Waals surface area (Å²) in [6, 6.07) is 0. The average molecular weight is 266 g/mol. The van der Waals surface area contributed by atoms with Crippen molar-refractivity contribution in [1.82, 2.24) is 8.01 Å². The zero-order chi connectivity index (χ0) is 7.90. The molecule has 0 saturated carbocycles. The van der Waals surface area contributed by atoms with Gasteiger partial charge in [-0.3, -0.25) is 0 Å². The number of likely N-dealkylation sites (tertiary alicyclic amines) is 1. The minimum atomic E-state index is 0.732. The van der Waals surface area contributed by atoms with E-state index in [4.69, 9.17) is 0 Å². The van der Waals surface area contributed by atoms with E-state index in [9.17, 15) is 0 Å². The Morgan fingerprint density at radius 1 is 1.27 bits per heavy atom. The van der Waals surface area contributed by atoms with E-state index < -0.39 is 0 Å². The molecule has 1 spiro atoms. The molecule has 2 aliphatic heterocycles. The molecule has 64 valence electrons. The molecule has 0 bridgehead atoms. The van der Waals surface area contributed by atoms with Crippen LogP contribution in [0.25, 0.3) is 0 Å². The monoisotopic (exact) mass is 266 g/mol. The fourth-order valence-corrected chi connectivity index (χ4v) is 3.71. The van der Waals surface area contributed by atoms with Crippen molar-refractivity contribution in [2.24, 2.45) is 5.41 Å². The first-order valence-electron chi connectivity index (χ1n) is 4.37. The summed E-state index contributed by atoms with van der Waals surface area (Å²) >= 11 is 2.42. The van der Waals surface area contributed by atoms with Gasteiger partial charge in [0.25, 0.3) is 0 Å². The molecular weight excluding hydrogens is 251 g/mol. The second-order valence-electron chi connectivity index (χ2n) is 3.99. The minimum Gasteiger partial charge on any atom is -0.302 e. The third-order valence-electron chi connectivity index (χ3n) is 2.67. The van der Waals surface area contributed by atoms with Crippen LogP contribution in [0.3, 0.4) is 0 Å². The molecule has 0 aromatic heterocycles. The quantitative estimate of drug-likeness (QED) is 0.550. The molecule has 2 fully saturated rings. The second-order valence-corrected chi connectivity index (χ2v) is 5.35. The highest BCUT2D eigenvalue weighted by atomic mass is 127. The van der Waals surface area contributed by atoms with E-state index in [1.54, 1.807) is 0 Å². The van der Waals surface area contributed by atoms with Crippen molar-refractivity contribution in [3.63, 3.8) is 0 Å². The topological polar surface area (TPSA) is 6.48 Å². The van der Waals surface area contributed by atoms with Crippen molar-refractivity contribution in [2.45, 2.75) is 13.3 Å². The van der Waals surface area contributed by atoms with E-state index in [1.165, 1.54) is 39.1 Å². The lowest BCUT2D eigenvalue weighted by Crippen LogP contribution is -2.69. The number of rotatable bonds is 2. The Morgan fingerprint density at radius 2 is 1.91 bits per heavy atom. The van der Waals surface area contributed by atoms with Crippen LogP contribution < -0.4 is 0 Å². The predicted molar refractivity (Wildman–Crippen MR) is 54.8 cm³/mol. The molecular formula is C8H15IN2. The summed E-state index contributed by atoms with van der Waals surface area (Å²) in [7, 11) is 0. The Hall–Kier alpha value is 0.650. The molecule has 0 aromatic rings. The van der Waals surface area contributed by atoms with Crippen molar-refractivity contribution >= 4 is 22.9 Å². The lowest BCUT2D eigenvalue weighted by atomic mass is 9.74. The maximum absolute atomic E-state index is 2.57. The van der Waals surface area contributed by atoms with Crippen LogP contribution in [-0.4, -0.2) is 40.7 Å². The lowest BCUT2D eigenvalue weighted by molar-refractivity contribution is -0.0694. The van der Waals surface area contributed by atoms with Crippen LogP contribution in [0.2, 0.25) is 0 Å². The molecule has 2 aliphatic rings. The molecule has 0 N–H and O–H groups in total. The molecule has 0 atom stereocenters. The van der Waals surface area contributed by atoms with Gasteiger partial charge in [0.1, 0.15) is 0 Å². The number of hydrogen-bond acceptors (Lipinski definition) is 2. The molecule has 0 radical (unpaired) electrons. The summed E-state index contributed by atoms with van der Waals surface area (Å²) in [6.45, 7) is 8.95. The number of hydrogen-bond donors (Lipinski definition) is 0. The van der Waals surface area contributed by atoms with Crippen molar-refractivity contribution in [2.75, 3.05) is 32.7 Å². The molecule has 11 heavy (non-hydrogen) atoms. The highest BCUT2D eigenvalue weighted by molar-refractivity contribution is 14.1. The Morgan fingerprint density at radius 3 is 2.36 bits per heavy atom. The van der Waals surface area contributed by atoms with E-state index >= 15 is 0 Å². The Labute approximate surface area is 82.4 Å². The minimum absolute atomic E-state index is 0.732. The smallest absolute Gasteiger partial charge is 0.0228 e. The molecule has 0 unspecified atom stereocenters. The van der Waals surface area contributed by atoms with Crippen molar-refractivity contribution in [3.05, 3.63) is 0 Å². The van der Waals surface area contributed by atoms with Gasteiger partial charge in [0.05, 0.1) is 0 Å². The fraction of sp³-hybridized carbons (Fsp3) is 1.00. The third kappa shape index (κ3) is 1.42. The SMILES string of the molecule is CCCN1CC2(CN(I)C2)C1. The highest BCUT2D eigenvalue weighted by Gasteiger charge is 2.50. The van der Waals surface area contributed by atoms with E-state index in [-0.39, 0.29) is 0 Å². The van der Waals surface area contributed by atoms with Gasteiger partial charge in [-0.05, 0) is 13.0 Å². The molecule has 2 nitrogen and oxygen atoms in total. The predicted octanol–water partition coefficient (Wildman–Crippen LogP) is 1.36. The van der Waals surface area contributed by atoms with Crippen LogP contribution in [0.5, 0.6) is 0 Å². The van der Waals surface area contributed by atoms with Crippen LogP contribution in [-0.2, 0) is 0 Å². The normalized spacial score (nSPS) is 30.0. The summed E-state index contributed by atoms with van der Waals surface area (Å²) in [5, 5.41) is 0. The summed E-state index contributed by atoms with van der Waals surface area (Å²) in [4.78, 5) is 2.57. The van der Waals surface area contributed by atoms with Crippen molar-refractivity contribution in [1.29, 1.82) is 0 Å². The van der Waals surface area contributed by atoms with Gasteiger partial charge >= 0.3 is 0 Å². The molecule has 2 rings (SSSR count). The first-order valence-corrected chi connectivity index (χ1v) is 5.34. The highest BCUT2D eigenvalue weighted by Crippen LogP contribution is 2.40. The Kier molecular flexibility index (Phi) is 2.14. The van der Waals surface area contributed by atoms with Crippen LogP contribution in [0, 0.1) is 5.41 Å². The van der Waals surface area contributed by atoms with E-state index in [2.05, 4.69) is 37.8 Å². The van der Waals surface area contributed by atoms with Crippen LogP contribution >= 0.6 is 22.9 Å². The summed E-state index contributed by atoms with van der Waals surface area (Å²) in [5.41, 5.74) is 0.732. The number of nitrogens with zero attached hydrogens (tertiary/aromatic N) is 2. The molecule has 2 saturated heterocycles. The van der Waals surface area contributed by atoms with Gasteiger partial charge in [-0.1, -0.05) is 6.92 Å². The molecule has 2 heterocycles. The largest absolute Gasteiger partial charge is 0.302 e. The molecule has 0 aliphatic carbocycles. The van der Waals surface area contributed by atoms with Crippen molar-refractivity contribution in [3.8, 4) is 0 Å². The first kappa shape index (κ1) is 8.26. The van der Waals surface area contributed by atoms with Crippen LogP contribution in [0.1, 0.15) is 13.3 Å². The summed E-state index contributed by atoms with van der Waals surface area (Å²) in [5.74, 6) is 0. The average Bonchev–Trinajstić information content (AvgIpc) is 1.80. The van der Waals surface area contributed by atoms with Gasteiger partial charge in [-0.15, -0.1) is 0 Å². The lowest BCUT2D eigenvalue weighted by Gasteiger charge is -2.58. The van der Waals surface area contributed by atoms with E-state index in [1.807, 2.05) is 0 Å². The van der Waals surface area contributed by atoms with Crippen LogP contribution in [0.4, 0.5) is 0 Å². The van der Waals surface area contributed by atoms with Gasteiger partial charge in [-0.25, -0.2) is 3.11 Å². The van der Waals surface area contributed by atoms with Gasteiger partial charge in [0.15, 0.2) is 0 Å². The van der Waals surface area contributed by atoms with E-state index in [0.717, 1.165) is 5.41 Å². The van der Waals surface area contributed by atoms with Crippen molar-refractivity contribution < 1.29 is 0 Å². The molecule has 0 aromatic carbocycles. The Balaban J connectivity index is 1.72. The molecule has 3 heteroatoms. The first-order chi connectivity index (χ1) is 5.24. The van der Waals surface area contributed by atoms with Gasteiger partial charge in [0, 0.05) is 54.5 Å². The van der Waals surface area contributed by atoms with E-state index in [0.29, 0.717) is 0 Å². The zero-order valence-electron chi connectivity index (χ0n) is 7.02. The van der Waals surface area contributed by atoms with Crippen LogP contribution in [0.15, 0.2) is 0 Å².